The van der Waals surface area contributed by atoms with Gasteiger partial charge in [-0.05, 0) is 36.2 Å². The zero-order valence-corrected chi connectivity index (χ0v) is 18.2. The molecule has 2 aliphatic carbocycles. The van der Waals surface area contributed by atoms with Gasteiger partial charge in [-0.25, -0.2) is 0 Å². The van der Waals surface area contributed by atoms with Crippen molar-refractivity contribution in [3.05, 3.63) is 24.2 Å². The fourth-order valence-corrected chi connectivity index (χ4v) is 6.46. The Morgan fingerprint density at radius 1 is 1.19 bits per heavy atom. The molecule has 8 heteroatoms. The number of carbonyl (C=O) groups excluding carboxylic acids is 4. The fraction of sp³-hybridized carbons (Fsp3) is 0.652. The molecule has 7 atom stereocenters. The average Bonchev–Trinajstić information content (AvgIpc) is 3.23. The number of carbonyl (C=O) groups is 4. The second-order valence-electron chi connectivity index (χ2n) is 9.53. The van der Waals surface area contributed by atoms with Crippen molar-refractivity contribution in [3.8, 4) is 0 Å². The highest BCUT2D eigenvalue weighted by atomic mass is 16.6. The molecule has 1 aromatic rings. The zero-order valence-electron chi connectivity index (χ0n) is 18.2. The fourth-order valence-electron chi connectivity index (χ4n) is 6.46. The van der Waals surface area contributed by atoms with E-state index in [1.165, 1.54) is 26.6 Å². The number of ether oxygens (including phenoxy) is 3. The molecule has 1 aliphatic heterocycles. The van der Waals surface area contributed by atoms with Crippen molar-refractivity contribution in [1.82, 2.24) is 0 Å². The molecule has 0 radical (unpaired) electrons. The van der Waals surface area contributed by atoms with Crippen LogP contribution in [0.3, 0.4) is 0 Å². The number of hydrogen-bond acceptors (Lipinski definition) is 8. The monoisotopic (exact) mass is 432 g/mol. The summed E-state index contributed by atoms with van der Waals surface area (Å²) in [5, 5.41) is 0. The molecule has 0 amide bonds. The number of furan rings is 1. The SMILES string of the molecule is COC(=O)[C@@H]1C[C@@H](OC(C)=O)C(=O)C2[C@@]1(C)CC[C@H]1C(=O)O[C@H](c3ccoc3)C[C@]21C. The summed E-state index contributed by atoms with van der Waals surface area (Å²) >= 11 is 0. The van der Waals surface area contributed by atoms with Crippen molar-refractivity contribution in [3.63, 3.8) is 0 Å². The van der Waals surface area contributed by atoms with E-state index in [1.54, 1.807) is 6.07 Å². The Bertz CT molecular complexity index is 905. The summed E-state index contributed by atoms with van der Waals surface area (Å²) in [6.07, 6.45) is 2.98. The van der Waals surface area contributed by atoms with Gasteiger partial charge in [0.2, 0.25) is 0 Å². The Morgan fingerprint density at radius 3 is 2.55 bits per heavy atom. The Balaban J connectivity index is 1.80. The molecule has 2 heterocycles. The number of ketones is 1. The van der Waals surface area contributed by atoms with Crippen molar-refractivity contribution < 1.29 is 37.8 Å². The Labute approximate surface area is 180 Å². The minimum absolute atomic E-state index is 0.0917. The molecule has 1 saturated heterocycles. The van der Waals surface area contributed by atoms with Gasteiger partial charge in [0.15, 0.2) is 11.9 Å². The van der Waals surface area contributed by atoms with E-state index in [4.69, 9.17) is 18.6 Å². The molecule has 31 heavy (non-hydrogen) atoms. The van der Waals surface area contributed by atoms with Crippen LogP contribution in [-0.4, -0.2) is 36.9 Å². The summed E-state index contributed by atoms with van der Waals surface area (Å²) in [5.74, 6) is -3.35. The van der Waals surface area contributed by atoms with Gasteiger partial charge in [-0.2, -0.15) is 0 Å². The van der Waals surface area contributed by atoms with Crippen LogP contribution in [0.4, 0.5) is 0 Å². The molecule has 0 aromatic carbocycles. The van der Waals surface area contributed by atoms with Crippen molar-refractivity contribution in [1.29, 1.82) is 0 Å². The minimum Gasteiger partial charge on any atom is -0.472 e. The molecule has 4 rings (SSSR count). The van der Waals surface area contributed by atoms with Crippen LogP contribution in [0.2, 0.25) is 0 Å². The van der Waals surface area contributed by atoms with Gasteiger partial charge in [-0.15, -0.1) is 0 Å². The third-order valence-corrected chi connectivity index (χ3v) is 7.81. The molecule has 1 unspecified atom stereocenters. The maximum Gasteiger partial charge on any atom is 0.310 e. The second-order valence-corrected chi connectivity index (χ2v) is 9.53. The first-order chi connectivity index (χ1) is 14.6. The second kappa shape index (κ2) is 7.50. The molecular weight excluding hydrogens is 404 g/mol. The lowest BCUT2D eigenvalue weighted by molar-refractivity contribution is -0.210. The molecule has 168 valence electrons. The largest absolute Gasteiger partial charge is 0.472 e. The van der Waals surface area contributed by atoms with Gasteiger partial charge in [-0.1, -0.05) is 13.8 Å². The lowest BCUT2D eigenvalue weighted by Crippen LogP contribution is -2.64. The summed E-state index contributed by atoms with van der Waals surface area (Å²) in [6.45, 7) is 5.09. The molecule has 8 nitrogen and oxygen atoms in total. The highest BCUT2D eigenvalue weighted by Crippen LogP contribution is 2.65. The molecular formula is C23H28O8. The van der Waals surface area contributed by atoms with Crippen LogP contribution in [0.5, 0.6) is 0 Å². The zero-order chi connectivity index (χ0) is 22.6. The summed E-state index contributed by atoms with van der Waals surface area (Å²) in [4.78, 5) is 51.2. The smallest absolute Gasteiger partial charge is 0.310 e. The van der Waals surface area contributed by atoms with E-state index in [-0.39, 0.29) is 18.2 Å². The first kappa shape index (κ1) is 21.6. The van der Waals surface area contributed by atoms with Gasteiger partial charge in [0.25, 0.3) is 0 Å². The average molecular weight is 432 g/mol. The molecule has 2 saturated carbocycles. The van der Waals surface area contributed by atoms with E-state index < -0.39 is 52.7 Å². The molecule has 3 aliphatic rings. The maximum atomic E-state index is 13.7. The van der Waals surface area contributed by atoms with Crippen molar-refractivity contribution in [2.45, 2.75) is 58.7 Å². The van der Waals surface area contributed by atoms with Gasteiger partial charge >= 0.3 is 17.9 Å². The van der Waals surface area contributed by atoms with Gasteiger partial charge in [-0.3, -0.25) is 19.2 Å². The van der Waals surface area contributed by atoms with Gasteiger partial charge in [0.05, 0.1) is 31.5 Å². The van der Waals surface area contributed by atoms with Gasteiger partial charge in [0.1, 0.15) is 6.10 Å². The standard InChI is InChI=1S/C23H28O8/c1-12(24)30-16-9-15(20(26)28-4)22(2)7-5-14-21(27)31-17(13-6-8-29-11-13)10-23(14,3)19(22)18(16)25/h6,8,11,14-17,19H,5,7,9-10H2,1-4H3/t14-,15-,16+,17-,19?,22-,23-/m0/s1. The third-order valence-electron chi connectivity index (χ3n) is 7.81. The minimum atomic E-state index is -1.04. The topological polar surface area (TPSA) is 109 Å². The molecule has 1 aromatic heterocycles. The lowest BCUT2D eigenvalue weighted by Gasteiger charge is -2.60. The van der Waals surface area contributed by atoms with Crippen molar-refractivity contribution >= 4 is 23.7 Å². The van der Waals surface area contributed by atoms with Crippen LogP contribution in [0.1, 0.15) is 58.1 Å². The highest BCUT2D eigenvalue weighted by Gasteiger charge is 2.67. The first-order valence-corrected chi connectivity index (χ1v) is 10.6. The maximum absolute atomic E-state index is 13.7. The summed E-state index contributed by atoms with van der Waals surface area (Å²) in [7, 11) is 1.32. The summed E-state index contributed by atoms with van der Waals surface area (Å²) < 4.78 is 21.3. The third kappa shape index (κ3) is 3.27. The number of rotatable bonds is 3. The molecule has 3 fully saturated rings. The normalized spacial score (nSPS) is 39.7. The van der Waals surface area contributed by atoms with Crippen LogP contribution in [0.15, 0.2) is 23.0 Å². The summed E-state index contributed by atoms with van der Waals surface area (Å²) in [6, 6.07) is 1.74. The quantitative estimate of drug-likeness (QED) is 0.530. The number of esters is 3. The predicted molar refractivity (Wildman–Crippen MR) is 105 cm³/mol. The highest BCUT2D eigenvalue weighted by molar-refractivity contribution is 5.93. The van der Waals surface area contributed by atoms with E-state index >= 15 is 0 Å². The van der Waals surface area contributed by atoms with Crippen molar-refractivity contribution in [2.24, 2.45) is 28.6 Å². The predicted octanol–water partition coefficient (Wildman–Crippen LogP) is 3.00. The van der Waals surface area contributed by atoms with E-state index in [1.807, 2.05) is 13.8 Å². The van der Waals surface area contributed by atoms with Crippen molar-refractivity contribution in [2.75, 3.05) is 7.11 Å². The van der Waals surface area contributed by atoms with Crippen LogP contribution in [-0.2, 0) is 33.4 Å². The number of cyclic esters (lactones) is 1. The van der Waals surface area contributed by atoms with Crippen LogP contribution >= 0.6 is 0 Å². The Kier molecular flexibility index (Phi) is 5.22. The Hall–Kier alpha value is -2.64. The van der Waals surface area contributed by atoms with E-state index in [0.717, 1.165) is 5.56 Å². The lowest BCUT2D eigenvalue weighted by atomic mass is 9.43. The first-order valence-electron chi connectivity index (χ1n) is 10.6. The number of Topliss-reactive ketones (excluding diaryl/α,β-unsaturated/α-hetero) is 1. The number of hydrogen-bond donors (Lipinski definition) is 0. The number of methoxy groups -OCH3 is 1. The van der Waals surface area contributed by atoms with E-state index in [9.17, 15) is 19.2 Å². The Morgan fingerprint density at radius 2 is 1.94 bits per heavy atom. The molecule has 0 spiro atoms. The number of fused-ring (bicyclic) bond motifs is 3. The molecule has 0 N–H and O–H groups in total. The van der Waals surface area contributed by atoms with Crippen LogP contribution in [0, 0.1) is 28.6 Å². The van der Waals surface area contributed by atoms with E-state index in [2.05, 4.69) is 0 Å². The van der Waals surface area contributed by atoms with Crippen LogP contribution in [0.25, 0.3) is 0 Å². The van der Waals surface area contributed by atoms with E-state index in [0.29, 0.717) is 19.3 Å². The van der Waals surface area contributed by atoms with Crippen LogP contribution < -0.4 is 0 Å². The summed E-state index contributed by atoms with van der Waals surface area (Å²) in [5.41, 5.74) is -0.763. The molecule has 0 bridgehead atoms. The van der Waals surface area contributed by atoms with Gasteiger partial charge < -0.3 is 18.6 Å². The van der Waals surface area contributed by atoms with Gasteiger partial charge in [0, 0.05) is 24.8 Å².